The Bertz CT molecular complexity index is 2800. The topological polar surface area (TPSA) is 25.8 Å². The number of benzene rings is 6. The molecule has 0 spiro atoms. The molecule has 2 nitrogen and oxygen atoms in total. The smallest absolute Gasteiger partial charge is 0.256 e. The fourth-order valence-electron chi connectivity index (χ4n) is 7.62. The lowest BCUT2D eigenvalue weighted by Crippen LogP contribution is -2.05. The number of pyridine rings is 2. The summed E-state index contributed by atoms with van der Waals surface area (Å²) in [5.74, 6) is 0. The Kier molecular flexibility index (Phi) is 9.44. The minimum absolute atomic E-state index is 0.423. The minimum Gasteiger partial charge on any atom is -0.256 e. The summed E-state index contributed by atoms with van der Waals surface area (Å²) in [4.78, 5) is 9.03. The fourth-order valence-corrected chi connectivity index (χ4v) is 8.99. The molecular weight excluding hydrogens is 775 g/mol. The van der Waals surface area contributed by atoms with Crippen molar-refractivity contribution in [1.29, 1.82) is 0 Å². The van der Waals surface area contributed by atoms with Crippen LogP contribution in [-0.4, -0.2) is 9.97 Å². The Balaban J connectivity index is 0.971. The number of thiophene rings is 1. The van der Waals surface area contributed by atoms with Crippen LogP contribution in [0.15, 0.2) is 158 Å². The maximum absolute atomic E-state index is 13.4. The zero-order chi connectivity index (χ0) is 41.1. The van der Waals surface area contributed by atoms with Crippen LogP contribution in [0.4, 0.5) is 26.3 Å². The van der Waals surface area contributed by atoms with Crippen molar-refractivity contribution in [3.05, 3.63) is 180 Å². The summed E-state index contributed by atoms with van der Waals surface area (Å²) in [5.41, 5.74) is 9.40. The molecule has 0 aliphatic rings. The summed E-state index contributed by atoms with van der Waals surface area (Å²) in [6.07, 6.45) is -5.48. The van der Waals surface area contributed by atoms with E-state index in [9.17, 15) is 26.3 Å². The van der Waals surface area contributed by atoms with Gasteiger partial charge in [0.05, 0.1) is 22.5 Å². The number of hydrogen-bond acceptors (Lipinski definition) is 3. The van der Waals surface area contributed by atoms with Crippen molar-refractivity contribution in [3.63, 3.8) is 0 Å². The first-order chi connectivity index (χ1) is 28.3. The number of fused-ring (bicyclic) bond motifs is 3. The predicted octanol–water partition coefficient (Wildman–Crippen LogP) is 15.5. The second-order valence-electron chi connectivity index (χ2n) is 14.7. The third kappa shape index (κ3) is 7.50. The molecule has 0 aliphatic carbocycles. The molecule has 290 valence electrons. The molecule has 3 aromatic heterocycles. The van der Waals surface area contributed by atoms with E-state index in [0.29, 0.717) is 33.6 Å². The lowest BCUT2D eigenvalue weighted by atomic mass is 9.97. The maximum Gasteiger partial charge on any atom is 0.416 e. The van der Waals surface area contributed by atoms with E-state index in [0.717, 1.165) is 79.5 Å². The molecule has 9 rings (SSSR count). The van der Waals surface area contributed by atoms with Crippen molar-refractivity contribution in [1.82, 2.24) is 9.97 Å². The first kappa shape index (κ1) is 38.0. The van der Waals surface area contributed by atoms with Gasteiger partial charge in [-0.3, -0.25) is 9.97 Å². The van der Waals surface area contributed by atoms with Gasteiger partial charge < -0.3 is 0 Å². The summed E-state index contributed by atoms with van der Waals surface area (Å²) in [7, 11) is 0. The number of halogens is 6. The van der Waals surface area contributed by atoms with Gasteiger partial charge >= 0.3 is 12.4 Å². The molecule has 0 radical (unpaired) electrons. The molecule has 0 amide bonds. The maximum atomic E-state index is 13.4. The molecule has 0 aliphatic heterocycles. The third-order valence-corrected chi connectivity index (χ3v) is 11.8. The standard InChI is InChI=1S/C50H32F6N2S/c1-29-21-37(25-39(23-29)49(51,52)53)45-19-17-35(27-57-45)31-9-13-33(14-10-31)41-5-3-7-43-44-8-4-6-42(48(44)59-47(41)43)34-15-11-32(12-16-34)36-18-20-46(58-28-36)38-22-30(2)24-40(26-38)50(54,55)56/h3-28H,1-2H3. The molecule has 0 fully saturated rings. The quantitative estimate of drug-likeness (QED) is 0.156. The van der Waals surface area contributed by atoms with E-state index in [1.807, 2.05) is 36.4 Å². The van der Waals surface area contributed by atoms with Crippen LogP contribution in [0.2, 0.25) is 0 Å². The summed E-state index contributed by atoms with van der Waals surface area (Å²) < 4.78 is 82.9. The molecular formula is C50H32F6N2S. The highest BCUT2D eigenvalue weighted by Gasteiger charge is 2.32. The average molecular weight is 807 g/mol. The van der Waals surface area contributed by atoms with Crippen molar-refractivity contribution in [2.45, 2.75) is 26.2 Å². The largest absolute Gasteiger partial charge is 0.416 e. The molecule has 0 saturated carbocycles. The van der Waals surface area contributed by atoms with Crippen LogP contribution in [0, 0.1) is 13.8 Å². The van der Waals surface area contributed by atoms with Gasteiger partial charge in [-0.05, 0) is 107 Å². The molecule has 9 heteroatoms. The Morgan fingerprint density at radius 2 is 0.763 bits per heavy atom. The molecule has 6 aromatic carbocycles. The van der Waals surface area contributed by atoms with Crippen molar-refractivity contribution in [2.24, 2.45) is 0 Å². The van der Waals surface area contributed by atoms with E-state index in [4.69, 9.17) is 0 Å². The highest BCUT2D eigenvalue weighted by atomic mass is 32.1. The van der Waals surface area contributed by atoms with Crippen LogP contribution in [0.3, 0.4) is 0 Å². The fraction of sp³-hybridized carbons (Fsp3) is 0.0800. The van der Waals surface area contributed by atoms with Crippen LogP contribution in [-0.2, 0) is 12.4 Å². The van der Waals surface area contributed by atoms with Crippen LogP contribution in [0.5, 0.6) is 0 Å². The minimum atomic E-state index is -4.43. The lowest BCUT2D eigenvalue weighted by Gasteiger charge is -2.11. The molecule has 0 saturated heterocycles. The van der Waals surface area contributed by atoms with Gasteiger partial charge in [0.1, 0.15) is 0 Å². The predicted molar refractivity (Wildman–Crippen MR) is 227 cm³/mol. The number of hydrogen-bond donors (Lipinski definition) is 0. The monoisotopic (exact) mass is 806 g/mol. The lowest BCUT2D eigenvalue weighted by molar-refractivity contribution is -0.138. The van der Waals surface area contributed by atoms with Crippen LogP contribution < -0.4 is 0 Å². The zero-order valence-electron chi connectivity index (χ0n) is 31.6. The molecule has 0 bridgehead atoms. The van der Waals surface area contributed by atoms with Gasteiger partial charge in [-0.25, -0.2) is 0 Å². The number of aryl methyl sites for hydroxylation is 2. The van der Waals surface area contributed by atoms with Gasteiger partial charge in [-0.15, -0.1) is 11.3 Å². The number of alkyl halides is 6. The summed E-state index contributed by atoms with van der Waals surface area (Å²) in [5, 5.41) is 2.33. The van der Waals surface area contributed by atoms with Gasteiger partial charge in [-0.2, -0.15) is 26.3 Å². The molecule has 0 unspecified atom stereocenters. The van der Waals surface area contributed by atoms with Crippen molar-refractivity contribution in [3.8, 4) is 67.0 Å². The van der Waals surface area contributed by atoms with Gasteiger partial charge in [0, 0.05) is 54.8 Å². The molecule has 59 heavy (non-hydrogen) atoms. The SMILES string of the molecule is Cc1cc(-c2ccc(-c3ccc(-c4cccc5c4sc4c(-c6ccc(-c7ccc(-c8cc(C)cc(C(F)(F)F)c8)nc7)cc6)cccc45)cc3)cn2)cc(C(F)(F)F)c1. The van der Waals surface area contributed by atoms with Crippen LogP contribution in [0.25, 0.3) is 87.2 Å². The highest BCUT2D eigenvalue weighted by molar-refractivity contribution is 7.26. The average Bonchev–Trinajstić information content (AvgIpc) is 3.62. The second kappa shape index (κ2) is 14.7. The first-order valence-electron chi connectivity index (χ1n) is 18.7. The van der Waals surface area contributed by atoms with E-state index in [1.54, 1.807) is 61.8 Å². The number of aromatic nitrogens is 2. The first-order valence-corrected chi connectivity index (χ1v) is 19.6. The number of nitrogens with zero attached hydrogens (tertiary/aromatic N) is 2. The Morgan fingerprint density at radius 3 is 1.12 bits per heavy atom. The normalized spacial score (nSPS) is 12.1. The summed E-state index contributed by atoms with van der Waals surface area (Å²) in [6.45, 7) is 3.29. The van der Waals surface area contributed by atoms with E-state index in [1.165, 1.54) is 9.40 Å². The third-order valence-electron chi connectivity index (χ3n) is 10.5. The van der Waals surface area contributed by atoms with Crippen molar-refractivity contribution >= 4 is 31.5 Å². The second-order valence-corrected chi connectivity index (χ2v) is 15.7. The molecule has 9 aromatic rings. The van der Waals surface area contributed by atoms with E-state index >= 15 is 0 Å². The van der Waals surface area contributed by atoms with Crippen LogP contribution in [0.1, 0.15) is 22.3 Å². The van der Waals surface area contributed by atoms with E-state index < -0.39 is 23.5 Å². The van der Waals surface area contributed by atoms with Crippen molar-refractivity contribution in [2.75, 3.05) is 0 Å². The summed E-state index contributed by atoms with van der Waals surface area (Å²) >= 11 is 1.75. The Morgan fingerprint density at radius 1 is 0.390 bits per heavy atom. The van der Waals surface area contributed by atoms with E-state index in [-0.39, 0.29) is 0 Å². The van der Waals surface area contributed by atoms with Gasteiger partial charge in [0.25, 0.3) is 0 Å². The van der Waals surface area contributed by atoms with E-state index in [2.05, 4.69) is 70.6 Å². The molecule has 0 atom stereocenters. The van der Waals surface area contributed by atoms with Gasteiger partial charge in [0.2, 0.25) is 0 Å². The molecule has 3 heterocycles. The zero-order valence-corrected chi connectivity index (χ0v) is 32.4. The number of rotatable bonds is 6. The summed E-state index contributed by atoms with van der Waals surface area (Å²) in [6, 6.07) is 44.4. The highest BCUT2D eigenvalue weighted by Crippen LogP contribution is 2.44. The van der Waals surface area contributed by atoms with Gasteiger partial charge in [0.15, 0.2) is 0 Å². The van der Waals surface area contributed by atoms with Crippen molar-refractivity contribution < 1.29 is 26.3 Å². The molecule has 0 N–H and O–H groups in total. The van der Waals surface area contributed by atoms with Gasteiger partial charge in [-0.1, -0.05) is 97.1 Å². The Labute approximate surface area is 340 Å². The Hall–Kier alpha value is -6.58. The van der Waals surface area contributed by atoms with Crippen LogP contribution >= 0.6 is 11.3 Å².